The van der Waals surface area contributed by atoms with E-state index < -0.39 is 27.6 Å². The second-order valence-corrected chi connectivity index (χ2v) is 18.7. The quantitative estimate of drug-likeness (QED) is 0.0868. The Balaban J connectivity index is 0.000000327. The molecule has 18 heteroatoms. The zero-order chi connectivity index (χ0) is 47.1. The summed E-state index contributed by atoms with van der Waals surface area (Å²) in [6.45, 7) is 3.78. The Kier molecular flexibility index (Phi) is 23.7. The van der Waals surface area contributed by atoms with Crippen LogP contribution in [-0.4, -0.2) is 151 Å². The van der Waals surface area contributed by atoms with Crippen LogP contribution in [0.5, 0.6) is 0 Å². The number of fused-ring (bicyclic) bond motifs is 4. The van der Waals surface area contributed by atoms with E-state index in [1.165, 1.54) is 25.7 Å². The lowest BCUT2D eigenvalue weighted by Crippen LogP contribution is -2.47. The van der Waals surface area contributed by atoms with E-state index in [0.717, 1.165) is 68.3 Å². The molecule has 0 aromatic heterocycles. The van der Waals surface area contributed by atoms with E-state index >= 15 is 0 Å². The number of aliphatic hydroxyl groups is 2. The number of carbonyl (C=O) groups excluding carboxylic acids is 3. The van der Waals surface area contributed by atoms with Crippen LogP contribution < -0.4 is 0 Å². The van der Waals surface area contributed by atoms with Crippen LogP contribution in [0.4, 0.5) is 0 Å². The fraction of sp³-hybridized carbons (Fsp3) is 0.571. The van der Waals surface area contributed by atoms with Gasteiger partial charge in [0.15, 0.2) is 0 Å². The number of hydrogen-bond acceptors (Lipinski definition) is 14. The molecule has 5 aliphatic rings. The normalized spacial score (nSPS) is 25.0. The van der Waals surface area contributed by atoms with Crippen LogP contribution in [0.25, 0.3) is 0 Å². The predicted molar refractivity (Wildman–Crippen MR) is 259 cm³/mol. The molecule has 5 aliphatic heterocycles. The van der Waals surface area contributed by atoms with Gasteiger partial charge in [0.2, 0.25) is 10.4 Å². The number of hydrogen-bond donors (Lipinski definition) is 3. The number of benzene rings is 3. The minimum atomic E-state index is -4.92. The van der Waals surface area contributed by atoms with Crippen molar-refractivity contribution in [3.63, 3.8) is 0 Å². The average Bonchev–Trinajstić information content (AvgIpc) is 3.59. The third-order valence-corrected chi connectivity index (χ3v) is 13.8. The second kappa shape index (κ2) is 27.5. The Hall–Kier alpha value is -3.68. The van der Waals surface area contributed by atoms with E-state index in [-0.39, 0.29) is 69.6 Å². The number of halogens is 2. The van der Waals surface area contributed by atoms with Crippen molar-refractivity contribution in [3.05, 3.63) is 108 Å². The van der Waals surface area contributed by atoms with E-state index in [9.17, 15) is 24.6 Å². The summed E-state index contributed by atoms with van der Waals surface area (Å²) >= 11 is 0. The largest absolute Gasteiger partial charge is 1.00 e. The van der Waals surface area contributed by atoms with Crippen LogP contribution >= 0.6 is 24.8 Å². The van der Waals surface area contributed by atoms with E-state index in [2.05, 4.69) is 35.8 Å². The lowest BCUT2D eigenvalue weighted by molar-refractivity contribution is -0.156. The van der Waals surface area contributed by atoms with Crippen molar-refractivity contribution in [3.8, 4) is 0 Å². The molecule has 6 atom stereocenters. The van der Waals surface area contributed by atoms with Crippen LogP contribution in [0.15, 0.2) is 91.0 Å². The monoisotopic (exact) mass is 995 g/mol. The SMILES string of the molecule is CCOC(=O)C1(c2ccccc2)CCN(C)CC1.CN1C2CCC1CC(OC(=O)C(CO)c1ccccc1)C2.CN1C2CCC1CC(OC(=O)C(CO)c1ccccc1)C2.Cl.Cl.O=S(=O)([O-])O.[H+]. The summed E-state index contributed by atoms with van der Waals surface area (Å²) in [5.41, 5.74) is 2.29. The van der Waals surface area contributed by atoms with Crippen LogP contribution in [0.3, 0.4) is 0 Å². The van der Waals surface area contributed by atoms with Gasteiger partial charge in [-0.3, -0.25) is 18.9 Å². The summed E-state index contributed by atoms with van der Waals surface area (Å²) in [4.78, 5) is 44.2. The number of piperidine rings is 3. The fourth-order valence-electron chi connectivity index (χ4n) is 10.0. The Bertz CT molecular complexity index is 1930. The molecule has 0 radical (unpaired) electrons. The van der Waals surface area contributed by atoms with E-state index in [1.807, 2.05) is 97.9 Å². The minimum absolute atomic E-state index is 0. The Morgan fingerprint density at radius 1 is 0.672 bits per heavy atom. The number of esters is 3. The zero-order valence-corrected chi connectivity index (χ0v) is 41.4. The molecule has 0 amide bonds. The Morgan fingerprint density at radius 2 is 1.00 bits per heavy atom. The molecule has 3 aromatic carbocycles. The molecule has 0 saturated carbocycles. The summed E-state index contributed by atoms with van der Waals surface area (Å²) < 4.78 is 49.6. The van der Waals surface area contributed by atoms with Gasteiger partial charge in [-0.25, -0.2) is 8.42 Å². The highest BCUT2D eigenvalue weighted by Gasteiger charge is 2.44. The Morgan fingerprint density at radius 3 is 1.31 bits per heavy atom. The summed E-state index contributed by atoms with van der Waals surface area (Å²) in [6.07, 6.45) is 10.2. The molecule has 5 heterocycles. The molecule has 0 aliphatic carbocycles. The highest BCUT2D eigenvalue weighted by atomic mass is 35.5. The van der Waals surface area contributed by atoms with Crippen LogP contribution in [0, 0.1) is 0 Å². The molecule has 67 heavy (non-hydrogen) atoms. The van der Waals surface area contributed by atoms with Gasteiger partial charge in [-0.05, 0) is 122 Å². The molecular formula is C49H71Cl2N3O12S. The van der Waals surface area contributed by atoms with E-state index in [4.69, 9.17) is 31.7 Å². The van der Waals surface area contributed by atoms with Crippen LogP contribution in [0.2, 0.25) is 0 Å². The zero-order valence-electron chi connectivity index (χ0n) is 40.0. The molecular weight excluding hydrogens is 926 g/mol. The minimum Gasteiger partial charge on any atom is -0.726 e. The van der Waals surface area contributed by atoms with Gasteiger partial charge in [0.05, 0.1) is 25.2 Å². The molecule has 6 unspecified atom stereocenters. The fourth-order valence-corrected chi connectivity index (χ4v) is 10.0. The number of ether oxygens (including phenoxy) is 3. The third-order valence-electron chi connectivity index (χ3n) is 13.8. The van der Waals surface area contributed by atoms with Crippen molar-refractivity contribution in [2.75, 3.05) is 54.1 Å². The standard InChI is InChI=1S/2C17H23NO3.C15H21NO2.2ClH.H2O4S/c2*1-18-13-7-8-14(18)10-15(9-13)21-17(20)16(11-19)12-5-3-2-4-6-12;1-3-18-14(17)15(9-11-16(2)12-10-15)13-7-5-4-6-8-13;;;1-5(2,3)4/h2*2-6,13-16,19H,7-11H2,1H3;4-8H,3,9-12H2,1-2H3;2*1H;(H2,1,2,3,4). The van der Waals surface area contributed by atoms with Gasteiger partial charge in [-0.2, -0.15) is 0 Å². The van der Waals surface area contributed by atoms with Crippen LogP contribution in [0.1, 0.15) is 101 Å². The molecule has 374 valence electrons. The van der Waals surface area contributed by atoms with E-state index in [0.29, 0.717) is 30.8 Å². The van der Waals surface area contributed by atoms with Gasteiger partial charge in [0.1, 0.15) is 24.0 Å². The molecule has 3 aromatic rings. The maximum atomic E-state index is 12.4. The lowest BCUT2D eigenvalue weighted by Gasteiger charge is -2.38. The van der Waals surface area contributed by atoms with Gasteiger partial charge in [0.25, 0.3) is 0 Å². The number of carbonyl (C=O) groups is 3. The van der Waals surface area contributed by atoms with Gasteiger partial charge >= 0.3 is 19.3 Å². The first-order valence-electron chi connectivity index (χ1n) is 22.8. The molecule has 0 spiro atoms. The molecule has 4 bridgehead atoms. The summed E-state index contributed by atoms with van der Waals surface area (Å²) in [7, 11) is 1.52. The highest BCUT2D eigenvalue weighted by Crippen LogP contribution is 2.38. The first kappa shape index (κ1) is 57.6. The van der Waals surface area contributed by atoms with Gasteiger partial charge in [-0.1, -0.05) is 91.0 Å². The average molecular weight is 997 g/mol. The summed E-state index contributed by atoms with van der Waals surface area (Å²) in [6, 6.07) is 31.0. The lowest BCUT2D eigenvalue weighted by atomic mass is 9.73. The maximum Gasteiger partial charge on any atom is 1.00 e. The van der Waals surface area contributed by atoms with Crippen molar-refractivity contribution in [1.29, 1.82) is 0 Å². The number of likely N-dealkylation sites (tertiary alicyclic amines) is 1. The summed E-state index contributed by atoms with van der Waals surface area (Å²) in [5, 5.41) is 19.1. The van der Waals surface area contributed by atoms with Crippen molar-refractivity contribution in [2.45, 2.75) is 125 Å². The van der Waals surface area contributed by atoms with Crippen molar-refractivity contribution >= 4 is 53.1 Å². The first-order valence-corrected chi connectivity index (χ1v) is 24.2. The topological polar surface area (TPSA) is 207 Å². The third kappa shape index (κ3) is 16.5. The predicted octanol–water partition coefficient (Wildman–Crippen LogP) is 6.04. The van der Waals surface area contributed by atoms with Crippen LogP contribution in [-0.2, 0) is 44.4 Å². The maximum absolute atomic E-state index is 12.4. The van der Waals surface area contributed by atoms with Gasteiger partial charge in [-0.15, -0.1) is 24.8 Å². The summed E-state index contributed by atoms with van der Waals surface area (Å²) in [5.74, 6) is -1.79. The van der Waals surface area contributed by atoms with Crippen molar-refractivity contribution in [2.24, 2.45) is 0 Å². The van der Waals surface area contributed by atoms with E-state index in [1.54, 1.807) is 0 Å². The number of aliphatic hydroxyl groups excluding tert-OH is 2. The molecule has 5 fully saturated rings. The van der Waals surface area contributed by atoms with Gasteiger partial charge in [0, 0.05) is 24.2 Å². The first-order chi connectivity index (χ1) is 31.1. The van der Waals surface area contributed by atoms with Gasteiger partial charge < -0.3 is 43.7 Å². The second-order valence-electron chi connectivity index (χ2n) is 17.9. The molecule has 8 rings (SSSR count). The molecule has 5 saturated heterocycles. The number of rotatable bonds is 11. The van der Waals surface area contributed by atoms with Crippen molar-refractivity contribution in [1.82, 2.24) is 14.7 Å². The molecule has 3 N–H and O–H groups in total. The highest BCUT2D eigenvalue weighted by molar-refractivity contribution is 7.79. The smallest absolute Gasteiger partial charge is 0.726 e. The molecule has 15 nitrogen and oxygen atoms in total. The van der Waals surface area contributed by atoms with Crippen molar-refractivity contribution < 1.29 is 57.8 Å². The Labute approximate surface area is 410 Å². The number of nitrogens with zero attached hydrogens (tertiary/aromatic N) is 3.